The molecule has 1 fully saturated rings. The fourth-order valence-corrected chi connectivity index (χ4v) is 4.27. The number of pyridine rings is 2. The zero-order valence-corrected chi connectivity index (χ0v) is 17.5. The third kappa shape index (κ3) is 3.46. The number of rotatable bonds is 4. The van der Waals surface area contributed by atoms with E-state index in [-0.39, 0.29) is 5.92 Å². The minimum absolute atomic E-state index is 0.369. The molecule has 0 amide bonds. The van der Waals surface area contributed by atoms with Crippen molar-refractivity contribution in [1.29, 1.82) is 5.26 Å². The van der Waals surface area contributed by atoms with Crippen LogP contribution in [0.4, 0.5) is 5.82 Å². The van der Waals surface area contributed by atoms with Crippen molar-refractivity contribution >= 4 is 17.3 Å². The lowest BCUT2D eigenvalue weighted by atomic mass is 9.98. The summed E-state index contributed by atoms with van der Waals surface area (Å²) >= 11 is 0. The average Bonchev–Trinajstić information content (AvgIpc) is 3.44. The number of aromatic nitrogens is 5. The molecule has 0 aliphatic carbocycles. The van der Waals surface area contributed by atoms with E-state index in [4.69, 9.17) is 0 Å². The Labute approximate surface area is 184 Å². The van der Waals surface area contributed by atoms with Gasteiger partial charge < -0.3 is 10.0 Å². The third-order valence-corrected chi connectivity index (χ3v) is 5.92. The van der Waals surface area contributed by atoms with Crippen LogP contribution in [0.2, 0.25) is 0 Å². The van der Waals surface area contributed by atoms with Crippen LogP contribution in [0, 0.1) is 17.2 Å². The Morgan fingerprint density at radius 3 is 2.72 bits per heavy atom. The first kappa shape index (κ1) is 19.8. The molecule has 0 aromatic carbocycles. The van der Waals surface area contributed by atoms with E-state index in [1.54, 1.807) is 27.8 Å². The lowest BCUT2D eigenvalue weighted by Crippen LogP contribution is -2.39. The molecule has 9 nitrogen and oxygen atoms in total. The van der Waals surface area contributed by atoms with E-state index in [0.717, 1.165) is 46.6 Å². The Hall–Kier alpha value is -4.19. The van der Waals surface area contributed by atoms with Crippen molar-refractivity contribution in [2.45, 2.75) is 12.8 Å². The number of fused-ring (bicyclic) bond motifs is 1. The van der Waals surface area contributed by atoms with Gasteiger partial charge in [-0.2, -0.15) is 15.5 Å². The van der Waals surface area contributed by atoms with E-state index in [1.807, 2.05) is 42.5 Å². The van der Waals surface area contributed by atoms with Crippen LogP contribution >= 0.6 is 0 Å². The third-order valence-electron chi connectivity index (χ3n) is 5.92. The summed E-state index contributed by atoms with van der Waals surface area (Å²) in [5.41, 5.74) is 4.79. The Kier molecular flexibility index (Phi) is 4.82. The van der Waals surface area contributed by atoms with Crippen LogP contribution in [0.1, 0.15) is 18.4 Å². The lowest BCUT2D eigenvalue weighted by molar-refractivity contribution is -0.141. The van der Waals surface area contributed by atoms with Gasteiger partial charge in [0.25, 0.3) is 0 Å². The van der Waals surface area contributed by atoms with Crippen molar-refractivity contribution in [1.82, 2.24) is 24.4 Å². The summed E-state index contributed by atoms with van der Waals surface area (Å²) in [5, 5.41) is 27.6. The molecule has 0 radical (unpaired) electrons. The van der Waals surface area contributed by atoms with Gasteiger partial charge in [-0.15, -0.1) is 0 Å². The molecule has 1 N–H and O–H groups in total. The normalized spacial score (nSPS) is 16.2. The summed E-state index contributed by atoms with van der Waals surface area (Å²) in [6.45, 7) is 1.25. The number of anilines is 1. The summed E-state index contributed by atoms with van der Waals surface area (Å²) in [6, 6.07) is 8.11. The highest BCUT2D eigenvalue weighted by Gasteiger charge is 2.26. The number of hydrogen-bond donors (Lipinski definition) is 1. The number of nitrogens with zero attached hydrogens (tertiary/aromatic N) is 7. The van der Waals surface area contributed by atoms with Gasteiger partial charge in [0.15, 0.2) is 0 Å². The van der Waals surface area contributed by atoms with Crippen LogP contribution in [0.25, 0.3) is 27.8 Å². The van der Waals surface area contributed by atoms with E-state index >= 15 is 0 Å². The fraction of sp³-hybridized carbons (Fsp3) is 0.261. The maximum atomic E-state index is 11.4. The van der Waals surface area contributed by atoms with Crippen molar-refractivity contribution in [2.24, 2.45) is 13.0 Å². The van der Waals surface area contributed by atoms with Crippen LogP contribution in [0.15, 0.2) is 49.2 Å². The Morgan fingerprint density at radius 1 is 1.16 bits per heavy atom. The maximum absolute atomic E-state index is 11.4. The highest BCUT2D eigenvalue weighted by Crippen LogP contribution is 2.32. The van der Waals surface area contributed by atoms with E-state index in [2.05, 4.69) is 21.3 Å². The molecule has 1 atom stereocenters. The summed E-state index contributed by atoms with van der Waals surface area (Å²) in [7, 11) is 1.86. The van der Waals surface area contributed by atoms with Gasteiger partial charge in [0.1, 0.15) is 11.9 Å². The number of carboxylic acids is 1. The molecule has 5 heterocycles. The zero-order valence-electron chi connectivity index (χ0n) is 17.5. The summed E-state index contributed by atoms with van der Waals surface area (Å²) < 4.78 is 3.45. The first-order chi connectivity index (χ1) is 15.5. The van der Waals surface area contributed by atoms with E-state index in [9.17, 15) is 15.2 Å². The molecule has 1 saturated heterocycles. The molecule has 160 valence electrons. The molecule has 0 unspecified atom stereocenters. The number of aryl methyl sites for hydroxylation is 1. The molecule has 1 aliphatic rings. The van der Waals surface area contributed by atoms with Crippen molar-refractivity contribution in [2.75, 3.05) is 18.0 Å². The van der Waals surface area contributed by atoms with Gasteiger partial charge in [-0.3, -0.25) is 9.48 Å². The summed E-state index contributed by atoms with van der Waals surface area (Å²) in [6.07, 6.45) is 10.5. The topological polar surface area (TPSA) is 112 Å². The van der Waals surface area contributed by atoms with Gasteiger partial charge >= 0.3 is 5.97 Å². The molecular weight excluding hydrogens is 406 g/mol. The van der Waals surface area contributed by atoms with Gasteiger partial charge in [0.2, 0.25) is 0 Å². The molecule has 5 rings (SSSR count). The van der Waals surface area contributed by atoms with Gasteiger partial charge in [-0.05, 0) is 31.0 Å². The minimum atomic E-state index is -0.759. The minimum Gasteiger partial charge on any atom is -0.481 e. The number of hydrogen-bond acceptors (Lipinski definition) is 6. The largest absolute Gasteiger partial charge is 0.481 e. The lowest BCUT2D eigenvalue weighted by Gasteiger charge is -2.31. The molecule has 0 bridgehead atoms. The average molecular weight is 427 g/mol. The number of nitriles is 1. The number of carboxylic acid groups (broad SMARTS) is 1. The molecule has 4 aromatic heterocycles. The molecular formula is C23H21N7O2. The van der Waals surface area contributed by atoms with Gasteiger partial charge in [0, 0.05) is 61.0 Å². The predicted molar refractivity (Wildman–Crippen MR) is 118 cm³/mol. The summed E-state index contributed by atoms with van der Waals surface area (Å²) in [5.74, 6) is -0.371. The van der Waals surface area contributed by atoms with Crippen LogP contribution in [0.5, 0.6) is 0 Å². The Balaban J connectivity index is 1.56. The maximum Gasteiger partial charge on any atom is 0.308 e. The highest BCUT2D eigenvalue weighted by molar-refractivity contribution is 5.87. The second kappa shape index (κ2) is 7.81. The first-order valence-corrected chi connectivity index (χ1v) is 10.4. The van der Waals surface area contributed by atoms with E-state index in [0.29, 0.717) is 18.5 Å². The second-order valence-electron chi connectivity index (χ2n) is 8.04. The van der Waals surface area contributed by atoms with Gasteiger partial charge in [-0.1, -0.05) is 0 Å². The zero-order chi connectivity index (χ0) is 22.2. The molecule has 0 saturated carbocycles. The monoisotopic (exact) mass is 427 g/mol. The van der Waals surface area contributed by atoms with E-state index < -0.39 is 5.97 Å². The highest BCUT2D eigenvalue weighted by atomic mass is 16.4. The standard InChI is InChI=1S/C23H21N7O2/c1-28-12-19(11-26-28)17-7-20(22-18(8-24)10-27-30(22)14-17)15-4-5-21(25-9-15)29-6-2-3-16(13-29)23(31)32/h4-5,7,9-12,14,16H,2-3,6,13H2,1H3,(H,31,32)/t16-/m1/s1. The smallest absolute Gasteiger partial charge is 0.308 e. The Bertz CT molecular complexity index is 1350. The summed E-state index contributed by atoms with van der Waals surface area (Å²) in [4.78, 5) is 18.0. The van der Waals surface area contributed by atoms with Crippen molar-refractivity contribution in [3.8, 4) is 28.3 Å². The second-order valence-corrected chi connectivity index (χ2v) is 8.04. The van der Waals surface area contributed by atoms with E-state index in [1.165, 1.54) is 0 Å². The molecule has 0 spiro atoms. The first-order valence-electron chi connectivity index (χ1n) is 10.4. The Morgan fingerprint density at radius 2 is 2.03 bits per heavy atom. The number of carbonyl (C=O) groups is 1. The van der Waals surface area contributed by atoms with Crippen molar-refractivity contribution in [3.63, 3.8) is 0 Å². The fourth-order valence-electron chi connectivity index (χ4n) is 4.27. The van der Waals surface area contributed by atoms with Crippen LogP contribution in [-0.4, -0.2) is 48.5 Å². The van der Waals surface area contributed by atoms with Crippen molar-refractivity contribution < 1.29 is 9.90 Å². The van der Waals surface area contributed by atoms with Crippen LogP contribution < -0.4 is 4.90 Å². The van der Waals surface area contributed by atoms with Crippen LogP contribution in [-0.2, 0) is 11.8 Å². The molecule has 32 heavy (non-hydrogen) atoms. The van der Waals surface area contributed by atoms with Crippen LogP contribution in [0.3, 0.4) is 0 Å². The SMILES string of the molecule is Cn1cc(-c2cc(-c3ccc(N4CCC[C@@H](C(=O)O)C4)nc3)c3c(C#N)cnn3c2)cn1. The number of aliphatic carboxylic acids is 1. The van der Waals surface area contributed by atoms with Crippen molar-refractivity contribution in [3.05, 3.63) is 54.7 Å². The number of piperidine rings is 1. The molecule has 4 aromatic rings. The molecule has 1 aliphatic heterocycles. The van der Waals surface area contributed by atoms with Gasteiger partial charge in [0.05, 0.1) is 29.4 Å². The quantitative estimate of drug-likeness (QED) is 0.533. The predicted octanol–water partition coefficient (Wildman–Crippen LogP) is 2.97. The molecule has 9 heteroatoms. The van der Waals surface area contributed by atoms with Gasteiger partial charge in [-0.25, -0.2) is 9.50 Å².